The summed E-state index contributed by atoms with van der Waals surface area (Å²) >= 11 is 5.72. The summed E-state index contributed by atoms with van der Waals surface area (Å²) < 4.78 is 5.48. The Morgan fingerprint density at radius 2 is 2.24 bits per heavy atom. The molecule has 1 aliphatic carbocycles. The van der Waals surface area contributed by atoms with Gasteiger partial charge in [-0.05, 0) is 24.0 Å². The quantitative estimate of drug-likeness (QED) is 0.444. The minimum absolute atomic E-state index is 0.0602. The second-order valence-corrected chi connectivity index (χ2v) is 4.73. The lowest BCUT2D eigenvalue weighted by atomic mass is 10.2. The van der Waals surface area contributed by atoms with Gasteiger partial charge < -0.3 is 4.74 Å². The molecule has 0 radical (unpaired) electrons. The maximum atomic E-state index is 10.7. The van der Waals surface area contributed by atoms with Gasteiger partial charge in [0, 0.05) is 12.7 Å². The van der Waals surface area contributed by atoms with Gasteiger partial charge in [0.2, 0.25) is 0 Å². The van der Waals surface area contributed by atoms with Crippen LogP contribution in [0.2, 0.25) is 5.02 Å². The van der Waals surface area contributed by atoms with E-state index >= 15 is 0 Å². The first kappa shape index (κ1) is 12.3. The molecule has 0 aliphatic heterocycles. The highest BCUT2D eigenvalue weighted by molar-refractivity contribution is 6.32. The summed E-state index contributed by atoms with van der Waals surface area (Å²) in [5.41, 5.74) is 0.729. The topological polar surface area (TPSA) is 52.4 Å². The van der Waals surface area contributed by atoms with Crippen molar-refractivity contribution in [1.82, 2.24) is 0 Å². The Labute approximate surface area is 105 Å². The van der Waals surface area contributed by atoms with Crippen LogP contribution < -0.4 is 0 Å². The van der Waals surface area contributed by atoms with Crippen molar-refractivity contribution < 1.29 is 9.66 Å². The molecule has 1 saturated carbocycles. The summed E-state index contributed by atoms with van der Waals surface area (Å²) in [6, 6.07) is 4.77. The molecular formula is C12H14ClNO3. The Bertz CT molecular complexity index is 418. The Balaban J connectivity index is 1.86. The number of nitro groups is 1. The lowest BCUT2D eigenvalue weighted by molar-refractivity contribution is -0.384. The van der Waals surface area contributed by atoms with Gasteiger partial charge in [-0.3, -0.25) is 10.1 Å². The zero-order valence-electron chi connectivity index (χ0n) is 9.39. The second kappa shape index (κ2) is 5.47. The smallest absolute Gasteiger partial charge is 0.288 e. The first-order valence-electron chi connectivity index (χ1n) is 5.67. The zero-order chi connectivity index (χ0) is 12.3. The largest absolute Gasteiger partial charge is 0.377 e. The molecule has 1 fully saturated rings. The number of hydrogen-bond donors (Lipinski definition) is 0. The van der Waals surface area contributed by atoms with Gasteiger partial charge in [0.15, 0.2) is 0 Å². The van der Waals surface area contributed by atoms with Crippen molar-refractivity contribution in [1.29, 1.82) is 0 Å². The first-order valence-corrected chi connectivity index (χ1v) is 6.05. The molecule has 0 heterocycles. The van der Waals surface area contributed by atoms with E-state index in [1.165, 1.54) is 18.9 Å². The van der Waals surface area contributed by atoms with Crippen molar-refractivity contribution in [3.05, 3.63) is 38.9 Å². The Hall–Kier alpha value is -1.13. The molecule has 92 valence electrons. The molecule has 17 heavy (non-hydrogen) atoms. The standard InChI is InChI=1S/C12H14ClNO3/c13-11-4-3-10(7-12(11)14(15)16)8-17-6-5-9-1-2-9/h3-4,7,9H,1-2,5-6,8H2. The van der Waals surface area contributed by atoms with Gasteiger partial charge in [-0.25, -0.2) is 0 Å². The fourth-order valence-corrected chi connectivity index (χ4v) is 1.82. The number of rotatable bonds is 6. The van der Waals surface area contributed by atoms with E-state index in [4.69, 9.17) is 16.3 Å². The highest BCUT2D eigenvalue weighted by Crippen LogP contribution is 2.32. The van der Waals surface area contributed by atoms with Crippen LogP contribution in [0.1, 0.15) is 24.8 Å². The third-order valence-corrected chi connectivity index (χ3v) is 3.16. The van der Waals surface area contributed by atoms with Crippen LogP contribution in [0.25, 0.3) is 0 Å². The van der Waals surface area contributed by atoms with E-state index in [9.17, 15) is 10.1 Å². The van der Waals surface area contributed by atoms with Crippen LogP contribution in [-0.4, -0.2) is 11.5 Å². The maximum absolute atomic E-state index is 10.7. The minimum atomic E-state index is -0.476. The van der Waals surface area contributed by atoms with E-state index in [1.807, 2.05) is 0 Å². The molecule has 0 N–H and O–H groups in total. The number of nitrogens with zero attached hydrogens (tertiary/aromatic N) is 1. The fourth-order valence-electron chi connectivity index (χ4n) is 1.63. The molecule has 0 saturated heterocycles. The highest BCUT2D eigenvalue weighted by Gasteiger charge is 2.20. The number of benzene rings is 1. The van der Waals surface area contributed by atoms with Crippen LogP contribution in [0.4, 0.5) is 5.69 Å². The molecule has 1 aliphatic rings. The maximum Gasteiger partial charge on any atom is 0.288 e. The normalized spacial score (nSPS) is 14.9. The van der Waals surface area contributed by atoms with Gasteiger partial charge in [-0.2, -0.15) is 0 Å². The van der Waals surface area contributed by atoms with Crippen molar-refractivity contribution in [3.63, 3.8) is 0 Å². The number of ether oxygens (including phenoxy) is 1. The Morgan fingerprint density at radius 3 is 2.88 bits per heavy atom. The Morgan fingerprint density at radius 1 is 1.47 bits per heavy atom. The van der Waals surface area contributed by atoms with Gasteiger partial charge in [-0.15, -0.1) is 0 Å². The molecule has 4 nitrogen and oxygen atoms in total. The third-order valence-electron chi connectivity index (χ3n) is 2.84. The first-order chi connectivity index (χ1) is 8.16. The number of hydrogen-bond acceptors (Lipinski definition) is 3. The molecule has 0 spiro atoms. The summed E-state index contributed by atoms with van der Waals surface area (Å²) in [6.07, 6.45) is 3.72. The van der Waals surface area contributed by atoms with E-state index in [-0.39, 0.29) is 10.7 Å². The lowest BCUT2D eigenvalue weighted by Crippen LogP contribution is -1.98. The van der Waals surface area contributed by atoms with E-state index < -0.39 is 4.92 Å². The summed E-state index contributed by atoms with van der Waals surface area (Å²) in [5.74, 6) is 0.842. The molecule has 1 aromatic rings. The molecule has 0 bridgehead atoms. The van der Waals surface area contributed by atoms with Crippen molar-refractivity contribution in [2.45, 2.75) is 25.9 Å². The van der Waals surface area contributed by atoms with Crippen LogP contribution in [-0.2, 0) is 11.3 Å². The van der Waals surface area contributed by atoms with E-state index in [1.54, 1.807) is 12.1 Å². The average molecular weight is 256 g/mol. The van der Waals surface area contributed by atoms with E-state index in [0.29, 0.717) is 6.61 Å². The predicted octanol–water partition coefficient (Wildman–Crippen LogP) is 3.56. The zero-order valence-corrected chi connectivity index (χ0v) is 10.2. The van der Waals surface area contributed by atoms with Crippen LogP contribution >= 0.6 is 11.6 Å². The molecule has 0 amide bonds. The molecule has 2 rings (SSSR count). The summed E-state index contributed by atoms with van der Waals surface area (Å²) in [7, 11) is 0. The minimum Gasteiger partial charge on any atom is -0.377 e. The molecule has 1 aromatic carbocycles. The van der Waals surface area contributed by atoms with Crippen LogP contribution in [0.3, 0.4) is 0 Å². The van der Waals surface area contributed by atoms with Gasteiger partial charge in [0.05, 0.1) is 11.5 Å². The summed E-state index contributed by atoms with van der Waals surface area (Å²) in [5, 5.41) is 10.8. The summed E-state index contributed by atoms with van der Waals surface area (Å²) in [6.45, 7) is 1.13. The van der Waals surface area contributed by atoms with Gasteiger partial charge in [0.1, 0.15) is 5.02 Å². The average Bonchev–Trinajstić information content (AvgIpc) is 3.10. The summed E-state index contributed by atoms with van der Waals surface area (Å²) in [4.78, 5) is 10.2. The van der Waals surface area contributed by atoms with Gasteiger partial charge in [0.25, 0.3) is 5.69 Å². The van der Waals surface area contributed by atoms with Crippen LogP contribution in [0.5, 0.6) is 0 Å². The molecule has 0 atom stereocenters. The van der Waals surface area contributed by atoms with Gasteiger partial charge in [-0.1, -0.05) is 30.5 Å². The SMILES string of the molecule is O=[N+]([O-])c1cc(COCCC2CC2)ccc1Cl. The monoisotopic (exact) mass is 255 g/mol. The molecule has 0 unspecified atom stereocenters. The lowest BCUT2D eigenvalue weighted by Gasteiger charge is -2.04. The van der Waals surface area contributed by atoms with Gasteiger partial charge >= 0.3 is 0 Å². The molecule has 0 aromatic heterocycles. The highest BCUT2D eigenvalue weighted by atomic mass is 35.5. The van der Waals surface area contributed by atoms with E-state index in [2.05, 4.69) is 0 Å². The van der Waals surface area contributed by atoms with Crippen LogP contribution in [0, 0.1) is 16.0 Å². The molecular weight excluding hydrogens is 242 g/mol. The van der Waals surface area contributed by atoms with E-state index in [0.717, 1.165) is 24.5 Å². The number of halogens is 1. The van der Waals surface area contributed by atoms with Crippen molar-refractivity contribution >= 4 is 17.3 Å². The Kier molecular flexibility index (Phi) is 3.97. The second-order valence-electron chi connectivity index (χ2n) is 4.33. The fraction of sp³-hybridized carbons (Fsp3) is 0.500. The predicted molar refractivity (Wildman–Crippen MR) is 65.1 cm³/mol. The molecule has 5 heteroatoms. The van der Waals surface area contributed by atoms with Crippen molar-refractivity contribution in [2.75, 3.05) is 6.61 Å². The number of nitro benzene ring substituents is 1. The van der Waals surface area contributed by atoms with Crippen LogP contribution in [0.15, 0.2) is 18.2 Å². The van der Waals surface area contributed by atoms with Crippen molar-refractivity contribution in [2.24, 2.45) is 5.92 Å². The third kappa shape index (κ3) is 3.68. The van der Waals surface area contributed by atoms with Crippen molar-refractivity contribution in [3.8, 4) is 0 Å².